The summed E-state index contributed by atoms with van der Waals surface area (Å²) in [7, 11) is 0. The number of ether oxygens (including phenoxy) is 1. The molecule has 5 rings (SSSR count). The van der Waals surface area contributed by atoms with Gasteiger partial charge in [-0.25, -0.2) is 13.7 Å². The SMILES string of the molecule is C#C[C@]1(c2ccc(Cl)cc2F)[C@H](CC(C)(C)c2ccc(C)o2)N2[C@@H](C(=O)OC2(C)C)[C@@H]1c1cccc(Cl)c1F. The molecule has 8 heteroatoms. The number of carbonyl (C=O) groups is 1. The number of cyclic esters (lactones) is 1. The number of fused-ring (bicyclic) bond motifs is 1. The predicted molar refractivity (Wildman–Crippen MR) is 147 cm³/mol. The van der Waals surface area contributed by atoms with Crippen molar-refractivity contribution in [3.63, 3.8) is 0 Å². The summed E-state index contributed by atoms with van der Waals surface area (Å²) in [5.41, 5.74) is -2.98. The van der Waals surface area contributed by atoms with Gasteiger partial charge in [0.05, 0.1) is 10.4 Å². The van der Waals surface area contributed by atoms with Crippen LogP contribution in [0.2, 0.25) is 10.0 Å². The van der Waals surface area contributed by atoms with Crippen molar-refractivity contribution < 1.29 is 22.7 Å². The van der Waals surface area contributed by atoms with Gasteiger partial charge in [0.1, 0.15) is 29.2 Å². The molecule has 2 aromatic carbocycles. The third kappa shape index (κ3) is 4.18. The van der Waals surface area contributed by atoms with Crippen LogP contribution in [0.25, 0.3) is 0 Å². The molecule has 2 fully saturated rings. The second-order valence-corrected chi connectivity index (χ2v) is 12.3. The van der Waals surface area contributed by atoms with Gasteiger partial charge in [0.15, 0.2) is 5.72 Å². The van der Waals surface area contributed by atoms with Gasteiger partial charge in [0.25, 0.3) is 0 Å². The molecule has 0 aliphatic carbocycles. The van der Waals surface area contributed by atoms with Crippen molar-refractivity contribution >= 4 is 29.2 Å². The monoisotopic (exact) mass is 571 g/mol. The number of terminal acetylenes is 1. The number of furan rings is 1. The van der Waals surface area contributed by atoms with Crippen LogP contribution >= 0.6 is 23.2 Å². The molecule has 4 atom stereocenters. The summed E-state index contributed by atoms with van der Waals surface area (Å²) in [5, 5.41) is 0.0668. The normalized spacial score (nSPS) is 26.4. The smallest absolute Gasteiger partial charge is 0.325 e. The van der Waals surface area contributed by atoms with E-state index in [0.717, 1.165) is 5.76 Å². The van der Waals surface area contributed by atoms with Gasteiger partial charge in [-0.15, -0.1) is 6.42 Å². The maximum atomic E-state index is 15.9. The first-order valence-electron chi connectivity index (χ1n) is 12.7. The minimum absolute atomic E-state index is 0.119. The maximum Gasteiger partial charge on any atom is 0.325 e. The van der Waals surface area contributed by atoms with E-state index in [-0.39, 0.29) is 21.2 Å². The lowest BCUT2D eigenvalue weighted by Gasteiger charge is -2.44. The third-order valence-corrected chi connectivity index (χ3v) is 8.75. The molecule has 0 spiro atoms. The summed E-state index contributed by atoms with van der Waals surface area (Å²) in [5.74, 6) is 1.41. The minimum Gasteiger partial charge on any atom is -0.466 e. The van der Waals surface area contributed by atoms with E-state index >= 15 is 8.78 Å². The Bertz CT molecular complexity index is 1510. The average molecular weight is 572 g/mol. The Morgan fingerprint density at radius 3 is 2.46 bits per heavy atom. The lowest BCUT2D eigenvalue weighted by atomic mass is 9.62. The molecule has 0 unspecified atom stereocenters. The first-order valence-corrected chi connectivity index (χ1v) is 13.5. The number of nitrogens with zero attached hydrogens (tertiary/aromatic N) is 1. The van der Waals surface area contributed by atoms with Crippen LogP contribution in [0.3, 0.4) is 0 Å². The third-order valence-electron chi connectivity index (χ3n) is 8.22. The average Bonchev–Trinajstić information content (AvgIpc) is 3.48. The highest BCUT2D eigenvalue weighted by Crippen LogP contribution is 2.60. The van der Waals surface area contributed by atoms with E-state index in [1.165, 1.54) is 18.2 Å². The Labute approximate surface area is 237 Å². The zero-order valence-corrected chi connectivity index (χ0v) is 23.8. The van der Waals surface area contributed by atoms with Crippen LogP contribution in [0.4, 0.5) is 8.78 Å². The molecule has 39 heavy (non-hydrogen) atoms. The van der Waals surface area contributed by atoms with Crippen LogP contribution in [-0.2, 0) is 20.4 Å². The molecule has 2 aliphatic rings. The van der Waals surface area contributed by atoms with Crippen LogP contribution in [0, 0.1) is 30.9 Å². The number of hydrogen-bond donors (Lipinski definition) is 0. The highest BCUT2D eigenvalue weighted by Gasteiger charge is 2.70. The van der Waals surface area contributed by atoms with E-state index in [1.54, 1.807) is 32.0 Å². The molecule has 0 saturated carbocycles. The van der Waals surface area contributed by atoms with E-state index < -0.39 is 52.2 Å². The lowest BCUT2D eigenvalue weighted by Crippen LogP contribution is -2.53. The van der Waals surface area contributed by atoms with Crippen molar-refractivity contribution in [2.75, 3.05) is 0 Å². The van der Waals surface area contributed by atoms with Crippen molar-refractivity contribution in [1.29, 1.82) is 0 Å². The fraction of sp³-hybridized carbons (Fsp3) is 0.387. The van der Waals surface area contributed by atoms with Crippen LogP contribution < -0.4 is 0 Å². The van der Waals surface area contributed by atoms with E-state index in [1.807, 2.05) is 37.8 Å². The van der Waals surface area contributed by atoms with Crippen LogP contribution in [0.15, 0.2) is 52.9 Å². The maximum absolute atomic E-state index is 15.9. The Kier molecular flexibility index (Phi) is 6.66. The predicted octanol–water partition coefficient (Wildman–Crippen LogP) is 7.54. The highest BCUT2D eigenvalue weighted by molar-refractivity contribution is 6.31. The largest absolute Gasteiger partial charge is 0.466 e. The van der Waals surface area contributed by atoms with E-state index in [4.69, 9.17) is 38.8 Å². The summed E-state index contributed by atoms with van der Waals surface area (Å²) < 4.78 is 43.6. The quantitative estimate of drug-likeness (QED) is 0.234. The summed E-state index contributed by atoms with van der Waals surface area (Å²) in [4.78, 5) is 15.5. The van der Waals surface area contributed by atoms with Gasteiger partial charge in [0, 0.05) is 28.0 Å². The van der Waals surface area contributed by atoms with Crippen LogP contribution in [-0.4, -0.2) is 28.7 Å². The van der Waals surface area contributed by atoms with Gasteiger partial charge in [-0.1, -0.05) is 61.2 Å². The molecule has 3 heterocycles. The van der Waals surface area contributed by atoms with Crippen LogP contribution in [0.1, 0.15) is 62.7 Å². The Balaban J connectivity index is 1.84. The number of carbonyl (C=O) groups excluding carboxylic acids is 1. The zero-order chi connectivity index (χ0) is 28.5. The van der Waals surface area contributed by atoms with Crippen molar-refractivity contribution in [2.45, 2.75) is 75.6 Å². The van der Waals surface area contributed by atoms with Gasteiger partial charge in [-0.2, -0.15) is 0 Å². The highest BCUT2D eigenvalue weighted by atomic mass is 35.5. The van der Waals surface area contributed by atoms with Gasteiger partial charge in [-0.3, -0.25) is 4.79 Å². The molecule has 0 radical (unpaired) electrons. The molecule has 204 valence electrons. The molecule has 0 N–H and O–H groups in total. The molecular formula is C31H29Cl2F2NO3. The molecule has 4 nitrogen and oxygen atoms in total. The Morgan fingerprint density at radius 2 is 1.85 bits per heavy atom. The summed E-state index contributed by atoms with van der Waals surface area (Å²) in [6.45, 7) is 9.38. The fourth-order valence-corrected chi connectivity index (χ4v) is 6.94. The van der Waals surface area contributed by atoms with E-state index in [9.17, 15) is 4.79 Å². The standard InChI is InChI=1S/C31H29Cl2F2NO3/c1-7-31(20-13-12-18(32)15-22(20)34)23(16-29(3,4)24-14-11-17(2)38-24)36-27(28(37)39-30(36,5)6)25(31)19-9-8-10-21(33)26(19)35/h1,8-15,23,25,27H,16H2,2-6H3/t23-,25-,27+,31-/m0/s1. The number of rotatable bonds is 5. The number of hydrogen-bond acceptors (Lipinski definition) is 4. The zero-order valence-electron chi connectivity index (χ0n) is 22.3. The molecule has 2 saturated heterocycles. The van der Waals surface area contributed by atoms with Gasteiger partial charge < -0.3 is 9.15 Å². The van der Waals surface area contributed by atoms with Gasteiger partial charge >= 0.3 is 5.97 Å². The number of esters is 1. The first kappa shape index (κ1) is 27.7. The van der Waals surface area contributed by atoms with Crippen molar-refractivity contribution in [3.8, 4) is 12.3 Å². The van der Waals surface area contributed by atoms with E-state index in [2.05, 4.69) is 5.92 Å². The van der Waals surface area contributed by atoms with Gasteiger partial charge in [0.2, 0.25) is 0 Å². The Morgan fingerprint density at radius 1 is 1.13 bits per heavy atom. The summed E-state index contributed by atoms with van der Waals surface area (Å²) in [6, 6.07) is 10.9. The number of halogens is 4. The summed E-state index contributed by atoms with van der Waals surface area (Å²) in [6.07, 6.45) is 6.74. The minimum atomic E-state index is -1.51. The molecule has 3 aromatic rings. The second kappa shape index (κ2) is 9.37. The van der Waals surface area contributed by atoms with Crippen molar-refractivity contribution in [3.05, 3.63) is 92.9 Å². The van der Waals surface area contributed by atoms with E-state index in [0.29, 0.717) is 12.2 Å². The lowest BCUT2D eigenvalue weighted by molar-refractivity contribution is -0.152. The summed E-state index contributed by atoms with van der Waals surface area (Å²) >= 11 is 12.4. The second-order valence-electron chi connectivity index (χ2n) is 11.5. The van der Waals surface area contributed by atoms with Gasteiger partial charge in [-0.05, 0) is 63.1 Å². The molecule has 0 bridgehead atoms. The van der Waals surface area contributed by atoms with Crippen molar-refractivity contribution in [2.24, 2.45) is 0 Å². The van der Waals surface area contributed by atoms with Crippen LogP contribution in [0.5, 0.6) is 0 Å². The molecular weight excluding hydrogens is 543 g/mol. The fourth-order valence-electron chi connectivity index (χ4n) is 6.60. The number of aryl methyl sites for hydroxylation is 1. The topological polar surface area (TPSA) is 42.7 Å². The molecule has 2 aliphatic heterocycles. The number of benzene rings is 2. The molecule has 1 aromatic heterocycles. The Hall–Kier alpha value is -2.85. The first-order chi connectivity index (χ1) is 18.2. The van der Waals surface area contributed by atoms with Crippen molar-refractivity contribution in [1.82, 2.24) is 4.90 Å². The molecule has 0 amide bonds.